The Kier molecular flexibility index (Phi) is 6.87. The average Bonchev–Trinajstić information content (AvgIpc) is 2.55. The van der Waals surface area contributed by atoms with E-state index in [2.05, 4.69) is 4.74 Å². The van der Waals surface area contributed by atoms with E-state index in [-0.39, 0.29) is 5.56 Å². The van der Waals surface area contributed by atoms with Gasteiger partial charge in [0.05, 0.1) is 13.0 Å². The average molecular weight is 382 g/mol. The van der Waals surface area contributed by atoms with Gasteiger partial charge < -0.3 is 14.6 Å². The third-order valence-corrected chi connectivity index (χ3v) is 3.60. The molecule has 0 saturated carbocycles. The van der Waals surface area contributed by atoms with Gasteiger partial charge in [-0.05, 0) is 26.3 Å². The van der Waals surface area contributed by atoms with Crippen molar-refractivity contribution in [2.75, 3.05) is 13.7 Å². The first-order valence-electron chi connectivity index (χ1n) is 7.93. The number of esters is 1. The molecule has 27 heavy (non-hydrogen) atoms. The number of rotatable bonds is 7. The van der Waals surface area contributed by atoms with Gasteiger partial charge in [0.25, 0.3) is 5.54 Å². The van der Waals surface area contributed by atoms with Gasteiger partial charge in [-0.1, -0.05) is 30.3 Å². The summed E-state index contributed by atoms with van der Waals surface area (Å²) >= 11 is 0. The fourth-order valence-corrected chi connectivity index (χ4v) is 2.52. The number of carbonyl (C=O) groups is 3. The van der Waals surface area contributed by atoms with Crippen LogP contribution in [0.25, 0.3) is 0 Å². The highest BCUT2D eigenvalue weighted by Gasteiger charge is 2.58. The van der Waals surface area contributed by atoms with Crippen LogP contribution in [-0.2, 0) is 19.1 Å². The number of hydrogen-bond donors (Lipinski definition) is 2. The van der Waals surface area contributed by atoms with E-state index in [1.54, 1.807) is 26.8 Å². The van der Waals surface area contributed by atoms with Crippen molar-refractivity contribution in [1.82, 2.24) is 5.32 Å². The zero-order chi connectivity index (χ0) is 20.8. The molecule has 1 rings (SSSR count). The first-order chi connectivity index (χ1) is 12.4. The number of nitrogens with zero attached hydrogens (tertiary/aromatic N) is 1. The number of methoxy groups -OCH3 is 1. The maximum atomic E-state index is 12.5. The van der Waals surface area contributed by atoms with Crippen molar-refractivity contribution in [2.45, 2.75) is 37.8 Å². The van der Waals surface area contributed by atoms with Crippen molar-refractivity contribution >= 4 is 18.0 Å². The number of nitrogens with one attached hydrogen (secondary N) is 1. The van der Waals surface area contributed by atoms with Gasteiger partial charge in [0.2, 0.25) is 6.54 Å². The first-order valence-corrected chi connectivity index (χ1v) is 7.93. The molecule has 0 aliphatic carbocycles. The van der Waals surface area contributed by atoms with Crippen LogP contribution in [0.15, 0.2) is 30.3 Å². The number of benzene rings is 1. The van der Waals surface area contributed by atoms with Gasteiger partial charge in [-0.3, -0.25) is 15.4 Å². The third-order valence-electron chi connectivity index (χ3n) is 3.60. The molecule has 0 saturated heterocycles. The maximum absolute atomic E-state index is 12.5. The molecule has 148 valence electrons. The lowest BCUT2D eigenvalue weighted by Crippen LogP contribution is -2.65. The van der Waals surface area contributed by atoms with E-state index in [9.17, 15) is 29.6 Å². The molecule has 2 N–H and O–H groups in total. The molecule has 0 aromatic heterocycles. The van der Waals surface area contributed by atoms with Crippen LogP contribution in [0.1, 0.15) is 32.3 Å². The summed E-state index contributed by atoms with van der Waals surface area (Å²) in [5.41, 5.74) is -3.58. The zero-order valence-corrected chi connectivity index (χ0v) is 15.4. The van der Waals surface area contributed by atoms with Gasteiger partial charge in [-0.2, -0.15) is 0 Å². The van der Waals surface area contributed by atoms with Crippen LogP contribution in [0.3, 0.4) is 0 Å². The van der Waals surface area contributed by atoms with Crippen molar-refractivity contribution in [1.29, 1.82) is 0 Å². The topological polar surface area (TPSA) is 145 Å². The molecule has 1 amide bonds. The van der Waals surface area contributed by atoms with Crippen molar-refractivity contribution in [3.8, 4) is 0 Å². The minimum Gasteiger partial charge on any atom is -0.479 e. The van der Waals surface area contributed by atoms with Crippen LogP contribution in [0.5, 0.6) is 0 Å². The quantitative estimate of drug-likeness (QED) is 0.313. The molecule has 0 radical (unpaired) electrons. The Morgan fingerprint density at radius 2 is 1.78 bits per heavy atom. The summed E-state index contributed by atoms with van der Waals surface area (Å²) in [5.74, 6) is -4.72. The Labute approximate surface area is 155 Å². The van der Waals surface area contributed by atoms with E-state index in [0.717, 1.165) is 7.11 Å². The number of nitro groups is 1. The van der Waals surface area contributed by atoms with Crippen molar-refractivity contribution in [2.24, 2.45) is 0 Å². The number of aliphatic carboxylic acids is 1. The minimum absolute atomic E-state index is 0.165. The van der Waals surface area contributed by atoms with E-state index >= 15 is 0 Å². The number of carboxylic acid groups (broad SMARTS) is 1. The smallest absolute Gasteiger partial charge is 0.409 e. The molecule has 0 heterocycles. The van der Waals surface area contributed by atoms with Crippen LogP contribution >= 0.6 is 0 Å². The van der Waals surface area contributed by atoms with Crippen molar-refractivity contribution in [3.63, 3.8) is 0 Å². The Balaban J connectivity index is 3.56. The van der Waals surface area contributed by atoms with E-state index in [1.807, 2.05) is 5.32 Å². The lowest BCUT2D eigenvalue weighted by molar-refractivity contribution is -0.484. The van der Waals surface area contributed by atoms with Crippen LogP contribution in [0.2, 0.25) is 0 Å². The van der Waals surface area contributed by atoms with Crippen LogP contribution in [-0.4, -0.2) is 52.9 Å². The van der Waals surface area contributed by atoms with E-state index in [0.29, 0.717) is 0 Å². The van der Waals surface area contributed by atoms with Gasteiger partial charge in [0.15, 0.2) is 0 Å². The fourth-order valence-electron chi connectivity index (χ4n) is 2.52. The number of carboxylic acids is 1. The highest BCUT2D eigenvalue weighted by molar-refractivity contribution is 6.07. The van der Waals surface area contributed by atoms with Crippen molar-refractivity contribution < 1.29 is 33.9 Å². The number of ether oxygens (including phenoxy) is 2. The molecule has 10 nitrogen and oxygen atoms in total. The summed E-state index contributed by atoms with van der Waals surface area (Å²) in [6.45, 7) is 3.68. The zero-order valence-electron chi connectivity index (χ0n) is 15.4. The van der Waals surface area contributed by atoms with Gasteiger partial charge in [-0.15, -0.1) is 0 Å². The lowest BCUT2D eigenvalue weighted by Gasteiger charge is -2.34. The second-order valence-corrected chi connectivity index (χ2v) is 6.71. The van der Waals surface area contributed by atoms with Gasteiger partial charge in [-0.25, -0.2) is 14.4 Å². The number of alkyl carbamates (subject to hydrolysis) is 1. The molecule has 0 bridgehead atoms. The molecular weight excluding hydrogens is 360 g/mol. The van der Waals surface area contributed by atoms with Gasteiger partial charge in [0, 0.05) is 4.92 Å². The maximum Gasteiger partial charge on any atom is 0.409 e. The second kappa shape index (κ2) is 8.47. The minimum atomic E-state index is -2.76. The van der Waals surface area contributed by atoms with Crippen LogP contribution in [0, 0.1) is 10.1 Å². The summed E-state index contributed by atoms with van der Waals surface area (Å²) in [7, 11) is 0.922. The molecule has 2 unspecified atom stereocenters. The Hall–Kier alpha value is -3.17. The molecule has 1 aromatic rings. The number of amides is 1. The predicted molar refractivity (Wildman–Crippen MR) is 92.8 cm³/mol. The molecule has 10 heteroatoms. The SMILES string of the molecule is COC(=O)C(NC(=O)OC(C)(C)C)(C(=O)O)C(C[N+](=O)[O-])c1ccccc1. The highest BCUT2D eigenvalue weighted by Crippen LogP contribution is 2.31. The third kappa shape index (κ3) is 5.40. The second-order valence-electron chi connectivity index (χ2n) is 6.71. The molecule has 0 fully saturated rings. The molecule has 0 aliphatic rings. The molecule has 0 aliphatic heterocycles. The molecule has 0 spiro atoms. The van der Waals surface area contributed by atoms with E-state index in [1.165, 1.54) is 24.3 Å². The number of hydrogen-bond acceptors (Lipinski definition) is 7. The summed E-state index contributed by atoms with van der Waals surface area (Å²) in [6, 6.07) is 7.52. The summed E-state index contributed by atoms with van der Waals surface area (Å²) in [6.07, 6.45) is -1.22. The Bertz CT molecular complexity index is 713. The molecule has 1 aromatic carbocycles. The van der Waals surface area contributed by atoms with Crippen LogP contribution in [0.4, 0.5) is 4.79 Å². The molecule has 2 atom stereocenters. The molecular formula is C17H22N2O8. The van der Waals surface area contributed by atoms with E-state index in [4.69, 9.17) is 4.74 Å². The first kappa shape index (κ1) is 21.9. The predicted octanol–water partition coefficient (Wildman–Crippen LogP) is 1.57. The Morgan fingerprint density at radius 1 is 1.22 bits per heavy atom. The number of carbonyl (C=O) groups excluding carboxylic acids is 2. The Morgan fingerprint density at radius 3 is 2.19 bits per heavy atom. The summed E-state index contributed by atoms with van der Waals surface area (Å²) in [5, 5.41) is 23.0. The van der Waals surface area contributed by atoms with Gasteiger partial charge in [0.1, 0.15) is 5.60 Å². The monoisotopic (exact) mass is 382 g/mol. The summed E-state index contributed by atoms with van der Waals surface area (Å²) in [4.78, 5) is 47.3. The normalized spacial score (nSPS) is 14.4. The fraction of sp³-hybridized carbons (Fsp3) is 0.471. The van der Waals surface area contributed by atoms with Gasteiger partial charge >= 0.3 is 18.0 Å². The summed E-state index contributed by atoms with van der Waals surface area (Å²) < 4.78 is 9.62. The standard InChI is InChI=1S/C17H22N2O8/c1-16(2,3)27-15(23)18-17(13(20)21,14(22)26-4)12(10-19(24)25)11-8-6-5-7-9-11/h5-9,12H,10H2,1-4H3,(H,18,23)(H,20,21). The van der Waals surface area contributed by atoms with Crippen LogP contribution < -0.4 is 5.32 Å². The largest absolute Gasteiger partial charge is 0.479 e. The lowest BCUT2D eigenvalue weighted by atomic mass is 9.78. The van der Waals surface area contributed by atoms with E-state index < -0.39 is 46.6 Å². The highest BCUT2D eigenvalue weighted by atomic mass is 16.6. The van der Waals surface area contributed by atoms with Crippen molar-refractivity contribution in [3.05, 3.63) is 46.0 Å².